The van der Waals surface area contributed by atoms with Crippen molar-refractivity contribution in [2.75, 3.05) is 10.2 Å². The second kappa shape index (κ2) is 9.78. The van der Waals surface area contributed by atoms with Gasteiger partial charge in [0.1, 0.15) is 23.4 Å². The largest absolute Gasteiger partial charge is 0.324 e. The average Bonchev–Trinajstić information content (AvgIpc) is 2.85. The van der Waals surface area contributed by atoms with Gasteiger partial charge in [0.05, 0.1) is 6.20 Å². The maximum Gasteiger partial charge on any atom is 0.279 e. The number of aromatic nitrogens is 2. The molecule has 0 saturated heterocycles. The number of hydrogen-bond donors (Lipinski definition) is 1. The lowest BCUT2D eigenvalue weighted by atomic mass is 10.0. The highest BCUT2D eigenvalue weighted by Crippen LogP contribution is 2.31. The van der Waals surface area contributed by atoms with E-state index in [1.165, 1.54) is 66.0 Å². The number of carbonyl (C=O) groups is 2. The molecule has 1 aromatic heterocycles. The van der Waals surface area contributed by atoms with Gasteiger partial charge in [0, 0.05) is 29.3 Å². The van der Waals surface area contributed by atoms with Crippen LogP contribution in [0.5, 0.6) is 0 Å². The number of nitrogens with zero attached hydrogens (tertiary/aromatic N) is 3. The van der Waals surface area contributed by atoms with Crippen LogP contribution in [-0.2, 0) is 4.79 Å². The first-order valence-electron chi connectivity index (χ1n) is 10.00. The molecular formula is C25H18F2N4O2. The lowest BCUT2D eigenvalue weighted by Crippen LogP contribution is -2.42. The van der Waals surface area contributed by atoms with Gasteiger partial charge in [-0.3, -0.25) is 19.5 Å². The first-order chi connectivity index (χ1) is 16.0. The van der Waals surface area contributed by atoms with Gasteiger partial charge in [0.15, 0.2) is 0 Å². The van der Waals surface area contributed by atoms with Crippen molar-refractivity contribution in [3.05, 3.63) is 120 Å². The minimum absolute atomic E-state index is 0.0156. The molecule has 0 fully saturated rings. The zero-order valence-corrected chi connectivity index (χ0v) is 17.2. The lowest BCUT2D eigenvalue weighted by molar-refractivity contribution is -0.117. The Kier molecular flexibility index (Phi) is 6.45. The molecule has 33 heavy (non-hydrogen) atoms. The third-order valence-electron chi connectivity index (χ3n) is 4.85. The number of halogens is 2. The van der Waals surface area contributed by atoms with Gasteiger partial charge in [-0.05, 0) is 42.5 Å². The summed E-state index contributed by atoms with van der Waals surface area (Å²) in [5.41, 5.74) is 0.619. The van der Waals surface area contributed by atoms with Crippen LogP contribution in [0.15, 0.2) is 97.5 Å². The Labute approximate surface area is 188 Å². The third-order valence-corrected chi connectivity index (χ3v) is 4.85. The Bertz CT molecular complexity index is 1250. The van der Waals surface area contributed by atoms with Crippen molar-refractivity contribution in [1.82, 2.24) is 9.97 Å². The van der Waals surface area contributed by atoms with E-state index in [1.807, 2.05) is 0 Å². The number of carbonyl (C=O) groups excluding carboxylic acids is 2. The second-order valence-electron chi connectivity index (χ2n) is 7.02. The molecule has 0 aliphatic rings. The predicted octanol–water partition coefficient (Wildman–Crippen LogP) is 4.78. The Morgan fingerprint density at radius 1 is 0.848 bits per heavy atom. The van der Waals surface area contributed by atoms with Crippen LogP contribution in [0.4, 0.5) is 20.2 Å². The van der Waals surface area contributed by atoms with Crippen LogP contribution < -0.4 is 10.2 Å². The van der Waals surface area contributed by atoms with Gasteiger partial charge in [-0.2, -0.15) is 0 Å². The van der Waals surface area contributed by atoms with E-state index in [1.54, 1.807) is 36.4 Å². The fourth-order valence-electron chi connectivity index (χ4n) is 3.34. The van der Waals surface area contributed by atoms with Gasteiger partial charge in [0.25, 0.3) is 11.8 Å². The predicted molar refractivity (Wildman–Crippen MR) is 119 cm³/mol. The van der Waals surface area contributed by atoms with Crippen LogP contribution in [0.2, 0.25) is 0 Å². The first-order valence-corrected chi connectivity index (χ1v) is 10.00. The molecule has 0 spiro atoms. The topological polar surface area (TPSA) is 75.2 Å². The number of hydrogen-bond acceptors (Lipinski definition) is 4. The van der Waals surface area contributed by atoms with E-state index >= 15 is 0 Å². The average molecular weight is 444 g/mol. The molecule has 3 aromatic carbocycles. The molecule has 4 aromatic rings. The van der Waals surface area contributed by atoms with Gasteiger partial charge >= 0.3 is 0 Å². The summed E-state index contributed by atoms with van der Waals surface area (Å²) >= 11 is 0. The number of nitrogens with one attached hydrogen (secondary N) is 1. The quantitative estimate of drug-likeness (QED) is 0.464. The van der Waals surface area contributed by atoms with Crippen LogP contribution in [0.1, 0.15) is 22.1 Å². The second-order valence-corrected chi connectivity index (χ2v) is 7.02. The molecule has 0 radical (unpaired) electrons. The molecule has 164 valence electrons. The Morgan fingerprint density at radius 3 is 2.21 bits per heavy atom. The van der Waals surface area contributed by atoms with Crippen molar-refractivity contribution in [3.8, 4) is 0 Å². The maximum atomic E-state index is 14.9. The summed E-state index contributed by atoms with van der Waals surface area (Å²) < 4.78 is 28.3. The van der Waals surface area contributed by atoms with Gasteiger partial charge < -0.3 is 5.32 Å². The normalized spacial score (nSPS) is 11.5. The van der Waals surface area contributed by atoms with E-state index in [-0.39, 0.29) is 11.3 Å². The Balaban J connectivity index is 1.84. The minimum Gasteiger partial charge on any atom is -0.324 e. The minimum atomic E-state index is -1.40. The van der Waals surface area contributed by atoms with Crippen LogP contribution in [0.25, 0.3) is 0 Å². The first kappa shape index (κ1) is 21.8. The van der Waals surface area contributed by atoms with Crippen molar-refractivity contribution in [2.24, 2.45) is 0 Å². The standard InChI is InChI=1S/C25H18F2N4O2/c26-17-10-12-18(13-11-17)30-24(32)23(20-8-4-5-9-21(20)27)31(19-6-2-1-3-7-19)25(33)22-16-28-14-15-29-22/h1-16,23H,(H,30,32). The molecule has 0 aliphatic heterocycles. The molecule has 0 aliphatic carbocycles. The lowest BCUT2D eigenvalue weighted by Gasteiger charge is -2.31. The van der Waals surface area contributed by atoms with Crippen molar-refractivity contribution < 1.29 is 18.4 Å². The summed E-state index contributed by atoms with van der Waals surface area (Å²) in [6, 6.07) is 17.9. The highest BCUT2D eigenvalue weighted by molar-refractivity contribution is 6.11. The zero-order chi connectivity index (χ0) is 23.2. The number of para-hydroxylation sites is 1. The number of anilines is 2. The van der Waals surface area contributed by atoms with Crippen LogP contribution in [-0.4, -0.2) is 21.8 Å². The SMILES string of the molecule is O=C(Nc1ccc(F)cc1)C(c1ccccc1F)N(C(=O)c1cnccn1)c1ccccc1. The molecular weight excluding hydrogens is 426 g/mol. The van der Waals surface area contributed by atoms with E-state index in [2.05, 4.69) is 15.3 Å². The summed E-state index contributed by atoms with van der Waals surface area (Å²) in [5, 5.41) is 2.65. The van der Waals surface area contributed by atoms with E-state index in [9.17, 15) is 18.4 Å². The summed E-state index contributed by atoms with van der Waals surface area (Å²) in [6.45, 7) is 0. The van der Waals surface area contributed by atoms with Gasteiger partial charge in [0.2, 0.25) is 0 Å². The van der Waals surface area contributed by atoms with Crippen molar-refractivity contribution >= 4 is 23.2 Å². The van der Waals surface area contributed by atoms with E-state index in [0.717, 1.165) is 0 Å². The van der Waals surface area contributed by atoms with Crippen molar-refractivity contribution in [1.29, 1.82) is 0 Å². The zero-order valence-electron chi connectivity index (χ0n) is 17.2. The Morgan fingerprint density at radius 2 is 1.55 bits per heavy atom. The molecule has 0 bridgehead atoms. The molecule has 4 rings (SSSR count). The summed E-state index contributed by atoms with van der Waals surface area (Å²) in [7, 11) is 0. The number of rotatable bonds is 6. The fraction of sp³-hybridized carbons (Fsp3) is 0.0400. The maximum absolute atomic E-state index is 14.9. The molecule has 8 heteroatoms. The third kappa shape index (κ3) is 4.90. The molecule has 1 N–H and O–H groups in total. The molecule has 2 amide bonds. The van der Waals surface area contributed by atoms with Crippen LogP contribution in [0.3, 0.4) is 0 Å². The van der Waals surface area contributed by atoms with Crippen LogP contribution >= 0.6 is 0 Å². The number of benzene rings is 3. The molecule has 6 nitrogen and oxygen atoms in total. The molecule has 1 unspecified atom stereocenters. The van der Waals surface area contributed by atoms with E-state index < -0.39 is 29.5 Å². The van der Waals surface area contributed by atoms with Gasteiger partial charge in [-0.15, -0.1) is 0 Å². The highest BCUT2D eigenvalue weighted by Gasteiger charge is 2.35. The summed E-state index contributed by atoms with van der Waals surface area (Å²) in [4.78, 5) is 36.2. The van der Waals surface area contributed by atoms with E-state index in [0.29, 0.717) is 11.4 Å². The fourth-order valence-corrected chi connectivity index (χ4v) is 3.34. The van der Waals surface area contributed by atoms with Crippen LogP contribution in [0, 0.1) is 11.6 Å². The molecule has 1 heterocycles. The number of amides is 2. The highest BCUT2D eigenvalue weighted by atomic mass is 19.1. The molecule has 1 atom stereocenters. The monoisotopic (exact) mass is 444 g/mol. The summed E-state index contributed by atoms with van der Waals surface area (Å²) in [6.07, 6.45) is 4.04. The summed E-state index contributed by atoms with van der Waals surface area (Å²) in [5.74, 6) is -2.46. The van der Waals surface area contributed by atoms with Gasteiger partial charge in [-0.1, -0.05) is 36.4 Å². The smallest absolute Gasteiger partial charge is 0.279 e. The van der Waals surface area contributed by atoms with E-state index in [4.69, 9.17) is 0 Å². The van der Waals surface area contributed by atoms with Crippen molar-refractivity contribution in [2.45, 2.75) is 6.04 Å². The Hall–Kier alpha value is -4.46. The van der Waals surface area contributed by atoms with Crippen molar-refractivity contribution in [3.63, 3.8) is 0 Å². The molecule has 0 saturated carbocycles. The van der Waals surface area contributed by atoms with Gasteiger partial charge in [-0.25, -0.2) is 13.8 Å².